The molecule has 5 heteroatoms. The average molecular weight is 582 g/mol. The van der Waals surface area contributed by atoms with Gasteiger partial charge in [0.2, 0.25) is 0 Å². The Morgan fingerprint density at radius 3 is 0.902 bits per heavy atom. The third kappa shape index (κ3) is 8.31. The van der Waals surface area contributed by atoms with E-state index in [1.807, 2.05) is 121 Å². The van der Waals surface area contributed by atoms with Crippen molar-refractivity contribution in [2.45, 2.75) is 34.6 Å². The molecule has 0 fully saturated rings. The summed E-state index contributed by atoms with van der Waals surface area (Å²) in [4.78, 5) is 10.7. The summed E-state index contributed by atoms with van der Waals surface area (Å²) in [7, 11) is 3.33. The first kappa shape index (κ1) is 32.1. The molecule has 41 heavy (non-hydrogen) atoms. The third-order valence-electron chi connectivity index (χ3n) is 7.39. The van der Waals surface area contributed by atoms with Gasteiger partial charge in [-0.2, -0.15) is 0 Å². The number of rotatable bonds is 6. The minimum Gasteiger partial charge on any atom is -0.272 e. The van der Waals surface area contributed by atoms with E-state index in [1.54, 1.807) is 24.3 Å². The zero-order valence-electron chi connectivity index (χ0n) is 25.3. The van der Waals surface area contributed by atoms with Crippen LogP contribution in [-0.2, 0) is 30.1 Å². The topological polar surface area (TPSA) is 24.9 Å². The summed E-state index contributed by atoms with van der Waals surface area (Å²) in [6.45, 7) is 11.3. The van der Waals surface area contributed by atoms with E-state index in [9.17, 15) is 0 Å². The number of para-hydroxylation sites is 4. The molecule has 4 nitrogen and oxygen atoms in total. The molecular formula is C36H41N2O2Ti. The van der Waals surface area contributed by atoms with Crippen molar-refractivity contribution in [3.05, 3.63) is 142 Å². The summed E-state index contributed by atoms with van der Waals surface area (Å²) in [6, 6.07) is 40.0. The van der Waals surface area contributed by atoms with E-state index in [0.717, 1.165) is 22.7 Å². The third-order valence-corrected chi connectivity index (χ3v) is 8.95. The van der Waals surface area contributed by atoms with Gasteiger partial charge in [0.1, 0.15) is 0 Å². The van der Waals surface area contributed by atoms with Gasteiger partial charge >= 0.3 is 81.1 Å². The molecule has 0 radical (unpaired) electrons. The van der Waals surface area contributed by atoms with E-state index in [2.05, 4.69) is 55.1 Å². The number of hydrogen-bond acceptors (Lipinski definition) is 4. The number of hydrogen-bond donors (Lipinski definition) is 0. The molecule has 0 aromatic heterocycles. The molecule has 0 saturated carbocycles. The maximum absolute atomic E-state index is 5.36. The minimum absolute atomic E-state index is 0.314. The number of anilines is 4. The quantitative estimate of drug-likeness (QED) is 0.167. The molecule has 4 aromatic carbocycles. The smallest absolute Gasteiger partial charge is 0.0695 e. The van der Waals surface area contributed by atoms with Crippen molar-refractivity contribution in [1.29, 1.82) is 0 Å². The number of allylic oxidation sites excluding steroid dienone is 4. The fourth-order valence-corrected chi connectivity index (χ4v) is 5.15. The Kier molecular flexibility index (Phi) is 12.2. The first-order chi connectivity index (χ1) is 19.7. The van der Waals surface area contributed by atoms with Gasteiger partial charge in [-0.1, -0.05) is 72.8 Å². The van der Waals surface area contributed by atoms with Gasteiger partial charge in [0.15, 0.2) is 0 Å². The van der Waals surface area contributed by atoms with Crippen molar-refractivity contribution in [2.24, 2.45) is 5.41 Å². The van der Waals surface area contributed by atoms with Gasteiger partial charge in [-0.15, -0.1) is 0 Å². The minimum atomic E-state index is 0.314. The molecule has 1 aliphatic carbocycles. The molecule has 0 heterocycles. The van der Waals surface area contributed by atoms with E-state index in [-0.39, 0.29) is 0 Å². The summed E-state index contributed by atoms with van der Waals surface area (Å²) in [5.74, 6) is 0. The second-order valence-electron chi connectivity index (χ2n) is 10.2. The normalized spacial score (nSPS) is 13.5. The molecule has 0 unspecified atom stereocenters. The van der Waals surface area contributed by atoms with Gasteiger partial charge in [-0.25, -0.2) is 10.1 Å². The monoisotopic (exact) mass is 581 g/mol. The average Bonchev–Trinajstić information content (AvgIpc) is 3.15. The van der Waals surface area contributed by atoms with Crippen LogP contribution < -0.4 is 10.1 Å². The molecule has 0 bridgehead atoms. The fourth-order valence-electron chi connectivity index (χ4n) is 4.57. The molecule has 0 amide bonds. The van der Waals surface area contributed by atoms with E-state index in [4.69, 9.17) is 9.68 Å². The van der Waals surface area contributed by atoms with E-state index >= 15 is 0 Å². The first-order valence-corrected chi connectivity index (χ1v) is 14.5. The van der Waals surface area contributed by atoms with Crippen molar-refractivity contribution in [3.63, 3.8) is 0 Å². The summed E-state index contributed by atoms with van der Waals surface area (Å²) in [5.41, 5.74) is 8.91. The van der Waals surface area contributed by atoms with Gasteiger partial charge in [-0.3, -0.25) is 9.68 Å². The molecule has 0 N–H and O–H groups in total. The van der Waals surface area contributed by atoms with Crippen LogP contribution in [0.25, 0.3) is 0 Å². The Morgan fingerprint density at radius 1 is 0.488 bits per heavy atom. The van der Waals surface area contributed by atoms with Crippen LogP contribution >= 0.6 is 0 Å². The summed E-state index contributed by atoms with van der Waals surface area (Å²) < 4.78 is 1.53. The molecule has 1 aliphatic rings. The molecule has 0 atom stereocenters. The maximum Gasteiger partial charge on any atom is 0.0695 e. The van der Waals surface area contributed by atoms with E-state index in [1.165, 1.54) is 20.6 Å². The van der Waals surface area contributed by atoms with Crippen LogP contribution in [0.2, 0.25) is 0 Å². The zero-order chi connectivity index (χ0) is 29.8. The van der Waals surface area contributed by atoms with Crippen molar-refractivity contribution in [3.8, 4) is 0 Å². The molecule has 5 rings (SSSR count). The van der Waals surface area contributed by atoms with Gasteiger partial charge < -0.3 is 0 Å². The molecule has 4 aromatic rings. The van der Waals surface area contributed by atoms with Crippen molar-refractivity contribution in [2.75, 3.05) is 24.3 Å². The second-order valence-corrected chi connectivity index (χ2v) is 11.0. The second kappa shape index (κ2) is 15.6. The predicted octanol–water partition coefficient (Wildman–Crippen LogP) is 9.96. The molecule has 0 saturated heterocycles. The Labute approximate surface area is 258 Å². The van der Waals surface area contributed by atoms with Gasteiger partial charge in [0, 0.05) is 0 Å². The van der Waals surface area contributed by atoms with E-state index < -0.39 is 0 Å². The summed E-state index contributed by atoms with van der Waals surface area (Å²) >= 11 is 2.25. The van der Waals surface area contributed by atoms with Crippen LogP contribution in [0.5, 0.6) is 0 Å². The summed E-state index contributed by atoms with van der Waals surface area (Å²) in [5, 5.41) is 3.58. The molecular weight excluding hydrogens is 540 g/mol. The van der Waals surface area contributed by atoms with Gasteiger partial charge in [0.05, 0.1) is 37.0 Å². The zero-order valence-corrected chi connectivity index (χ0v) is 26.8. The summed E-state index contributed by atoms with van der Waals surface area (Å²) in [6.07, 6.45) is 0. The molecule has 211 valence electrons. The van der Waals surface area contributed by atoms with E-state index in [0.29, 0.717) is 5.41 Å². The van der Waals surface area contributed by atoms with Crippen molar-refractivity contribution in [1.82, 2.24) is 0 Å². The Bertz CT molecular complexity index is 1220. The largest absolute Gasteiger partial charge is 0.272 e. The van der Waals surface area contributed by atoms with Crippen LogP contribution in [0.15, 0.2) is 142 Å². The van der Waals surface area contributed by atoms with Crippen molar-refractivity contribution >= 4 is 22.7 Å². The molecule has 0 aliphatic heterocycles. The molecule has 0 spiro atoms. The van der Waals surface area contributed by atoms with Gasteiger partial charge in [-0.05, 0) is 48.5 Å². The standard InChI is InChI=1S/2C13H13NO.C10H15.Ti/c2*1-15-14(12-8-4-2-5-9-12)13-10-6-3-7-11-13;1-7-6-10(4,5)9(3)8(7)2;/h2*2-11H,1H3;1-5H3;. The number of benzene rings is 4. The SMILES string of the molecule is CC1=C(C)C(C)(C)[C]([Ti])=C1C.CON(c1ccccc1)c1ccccc1.CON(c1ccccc1)c1ccccc1. The fraction of sp³-hybridized carbons (Fsp3) is 0.222. The first-order valence-electron chi connectivity index (χ1n) is 13.7. The van der Waals surface area contributed by atoms with Crippen LogP contribution in [0, 0.1) is 5.41 Å². The van der Waals surface area contributed by atoms with Crippen LogP contribution in [-0.4, -0.2) is 14.2 Å². The predicted molar refractivity (Wildman–Crippen MR) is 169 cm³/mol. The van der Waals surface area contributed by atoms with Crippen LogP contribution in [0.1, 0.15) is 34.6 Å². The van der Waals surface area contributed by atoms with Crippen LogP contribution in [0.3, 0.4) is 0 Å². The van der Waals surface area contributed by atoms with Crippen molar-refractivity contribution < 1.29 is 30.1 Å². The number of nitrogens with zero attached hydrogens (tertiary/aromatic N) is 2. The maximum atomic E-state index is 5.36. The Morgan fingerprint density at radius 2 is 0.756 bits per heavy atom. The Hall–Kier alpha value is -3.41. The Balaban J connectivity index is 0.000000172. The van der Waals surface area contributed by atoms with Crippen LogP contribution in [0.4, 0.5) is 22.7 Å². The van der Waals surface area contributed by atoms with Gasteiger partial charge in [0.25, 0.3) is 0 Å².